The molecular weight excluding hydrogens is 224 g/mol. The van der Waals surface area contributed by atoms with Crippen LogP contribution in [0.25, 0.3) is 0 Å². The molecule has 0 N–H and O–H groups in total. The first kappa shape index (κ1) is 12.9. The predicted molar refractivity (Wildman–Crippen MR) is 63.0 cm³/mol. The van der Waals surface area contributed by atoms with E-state index in [4.69, 9.17) is 16.9 Å². The number of rotatable bonds is 5. The number of nitriles is 1. The first-order valence-corrected chi connectivity index (χ1v) is 5.63. The molecule has 0 aliphatic carbocycles. The number of aromatic nitrogens is 2. The fourth-order valence-corrected chi connectivity index (χ4v) is 1.67. The Hall–Kier alpha value is -1.18. The summed E-state index contributed by atoms with van der Waals surface area (Å²) < 4.78 is 0. The van der Waals surface area contributed by atoms with E-state index >= 15 is 0 Å². The van der Waals surface area contributed by atoms with E-state index in [1.165, 1.54) is 0 Å². The zero-order valence-corrected chi connectivity index (χ0v) is 10.3. The van der Waals surface area contributed by atoms with E-state index < -0.39 is 0 Å². The number of halogens is 1. The maximum Gasteiger partial charge on any atom is 0.144 e. The molecule has 5 heteroatoms. The fourth-order valence-electron chi connectivity index (χ4n) is 1.42. The normalized spacial score (nSPS) is 10.4. The van der Waals surface area contributed by atoms with Gasteiger partial charge < -0.3 is 0 Å². The van der Waals surface area contributed by atoms with Gasteiger partial charge in [0, 0.05) is 18.7 Å². The van der Waals surface area contributed by atoms with Gasteiger partial charge in [-0.05, 0) is 19.5 Å². The van der Waals surface area contributed by atoms with Crippen molar-refractivity contribution < 1.29 is 0 Å². The third kappa shape index (κ3) is 4.13. The fraction of sp³-hybridized carbons (Fsp3) is 0.545. The summed E-state index contributed by atoms with van der Waals surface area (Å²) >= 11 is 5.86. The number of nitrogens with zero attached hydrogens (tertiary/aromatic N) is 4. The van der Waals surface area contributed by atoms with Crippen molar-refractivity contribution in [3.05, 3.63) is 22.7 Å². The van der Waals surface area contributed by atoms with Gasteiger partial charge in [0.2, 0.25) is 0 Å². The Labute approximate surface area is 101 Å². The minimum absolute atomic E-state index is 0.471. The van der Waals surface area contributed by atoms with Crippen LogP contribution in [0.5, 0.6) is 0 Å². The molecule has 0 bridgehead atoms. The second kappa shape index (κ2) is 6.41. The molecule has 1 rings (SSSR count). The van der Waals surface area contributed by atoms with E-state index in [1.54, 1.807) is 6.07 Å². The highest BCUT2D eigenvalue weighted by Crippen LogP contribution is 2.08. The molecule has 0 saturated carbocycles. The van der Waals surface area contributed by atoms with Crippen LogP contribution in [-0.4, -0.2) is 28.0 Å². The molecule has 16 heavy (non-hydrogen) atoms. The quantitative estimate of drug-likeness (QED) is 0.738. The molecular formula is C11H15ClN4. The maximum atomic E-state index is 8.54. The van der Waals surface area contributed by atoms with Gasteiger partial charge in [0.1, 0.15) is 11.0 Å². The highest BCUT2D eigenvalue weighted by Gasteiger charge is 2.07. The van der Waals surface area contributed by atoms with E-state index in [1.807, 2.05) is 6.92 Å². The third-order valence-corrected chi connectivity index (χ3v) is 2.41. The largest absolute Gasteiger partial charge is 0.295 e. The van der Waals surface area contributed by atoms with Gasteiger partial charge in [-0.25, -0.2) is 9.97 Å². The summed E-state index contributed by atoms with van der Waals surface area (Å²) in [5.74, 6) is 0.713. The Balaban J connectivity index is 2.66. The molecule has 0 aliphatic rings. The van der Waals surface area contributed by atoms with Gasteiger partial charge in [-0.15, -0.1) is 0 Å². The summed E-state index contributed by atoms with van der Waals surface area (Å²) in [5.41, 5.74) is 0.867. The van der Waals surface area contributed by atoms with Gasteiger partial charge in [0.25, 0.3) is 0 Å². The van der Waals surface area contributed by atoms with Crippen molar-refractivity contribution in [1.82, 2.24) is 14.9 Å². The molecule has 0 radical (unpaired) electrons. The molecule has 1 aromatic heterocycles. The lowest BCUT2D eigenvalue weighted by atomic mass is 10.3. The highest BCUT2D eigenvalue weighted by molar-refractivity contribution is 6.29. The molecule has 0 saturated heterocycles. The van der Waals surface area contributed by atoms with E-state index in [2.05, 4.69) is 27.9 Å². The summed E-state index contributed by atoms with van der Waals surface area (Å²) in [6, 6.07) is 3.87. The zero-order valence-electron chi connectivity index (χ0n) is 9.57. The smallest absolute Gasteiger partial charge is 0.144 e. The van der Waals surface area contributed by atoms with Crippen LogP contribution in [-0.2, 0) is 6.54 Å². The Kier molecular flexibility index (Phi) is 5.17. The predicted octanol–water partition coefficient (Wildman–Crippen LogP) is 2.17. The third-order valence-electron chi connectivity index (χ3n) is 2.22. The van der Waals surface area contributed by atoms with Crippen molar-refractivity contribution in [2.75, 3.05) is 13.1 Å². The molecule has 86 valence electrons. The first-order chi connectivity index (χ1) is 7.65. The van der Waals surface area contributed by atoms with Crippen molar-refractivity contribution in [3.63, 3.8) is 0 Å². The molecule has 1 aromatic rings. The van der Waals surface area contributed by atoms with E-state index in [0.29, 0.717) is 23.9 Å². The minimum Gasteiger partial charge on any atom is -0.295 e. The summed E-state index contributed by atoms with van der Waals surface area (Å²) in [7, 11) is 0. The van der Waals surface area contributed by atoms with Crippen molar-refractivity contribution in [3.8, 4) is 6.07 Å². The Morgan fingerprint density at radius 3 is 2.81 bits per heavy atom. The van der Waals surface area contributed by atoms with Gasteiger partial charge in [0.15, 0.2) is 0 Å². The number of hydrogen-bond acceptors (Lipinski definition) is 4. The second-order valence-corrected chi connectivity index (χ2v) is 3.91. The summed E-state index contributed by atoms with van der Waals surface area (Å²) in [6.07, 6.45) is 0.521. The van der Waals surface area contributed by atoms with Crippen LogP contribution >= 0.6 is 11.6 Å². The summed E-state index contributed by atoms with van der Waals surface area (Å²) in [6.45, 7) is 6.19. The van der Waals surface area contributed by atoms with Crippen LogP contribution in [0, 0.1) is 18.3 Å². The number of hydrogen-bond donors (Lipinski definition) is 0. The molecule has 0 fully saturated rings. The molecule has 0 aliphatic heterocycles. The molecule has 0 aromatic carbocycles. The van der Waals surface area contributed by atoms with Gasteiger partial charge >= 0.3 is 0 Å². The van der Waals surface area contributed by atoms with Crippen molar-refractivity contribution in [2.24, 2.45) is 0 Å². The highest BCUT2D eigenvalue weighted by atomic mass is 35.5. The van der Waals surface area contributed by atoms with Crippen LogP contribution in [0.1, 0.15) is 24.9 Å². The van der Waals surface area contributed by atoms with E-state index in [0.717, 1.165) is 18.8 Å². The molecule has 0 amide bonds. The van der Waals surface area contributed by atoms with Gasteiger partial charge in [0.05, 0.1) is 12.6 Å². The lowest BCUT2D eigenvalue weighted by Gasteiger charge is -2.17. The van der Waals surface area contributed by atoms with Crippen LogP contribution in [0.2, 0.25) is 5.15 Å². The lowest BCUT2D eigenvalue weighted by Crippen LogP contribution is -2.25. The standard InChI is InChI=1S/C11H15ClN4/c1-3-16(6-4-5-13)8-11-14-9(2)7-10(12)15-11/h7H,3-4,6,8H2,1-2H3. The Morgan fingerprint density at radius 1 is 1.50 bits per heavy atom. The SMILES string of the molecule is CCN(CCC#N)Cc1nc(C)cc(Cl)n1. The summed E-state index contributed by atoms with van der Waals surface area (Å²) in [4.78, 5) is 10.6. The van der Waals surface area contributed by atoms with Gasteiger partial charge in [-0.3, -0.25) is 4.90 Å². The first-order valence-electron chi connectivity index (χ1n) is 5.25. The van der Waals surface area contributed by atoms with Crippen LogP contribution in [0.3, 0.4) is 0 Å². The maximum absolute atomic E-state index is 8.54. The average molecular weight is 239 g/mol. The molecule has 0 spiro atoms. The van der Waals surface area contributed by atoms with Crippen molar-refractivity contribution in [2.45, 2.75) is 26.8 Å². The molecule has 0 unspecified atom stereocenters. The van der Waals surface area contributed by atoms with Crippen LogP contribution in [0.4, 0.5) is 0 Å². The molecule has 0 atom stereocenters. The summed E-state index contributed by atoms with van der Waals surface area (Å²) in [5, 5.41) is 9.01. The Bertz CT molecular complexity index is 366. The average Bonchev–Trinajstić information content (AvgIpc) is 2.22. The minimum atomic E-state index is 0.471. The zero-order chi connectivity index (χ0) is 12.0. The van der Waals surface area contributed by atoms with Gasteiger partial charge in [-0.1, -0.05) is 18.5 Å². The Morgan fingerprint density at radius 2 is 2.25 bits per heavy atom. The van der Waals surface area contributed by atoms with Gasteiger partial charge in [-0.2, -0.15) is 5.26 Å². The monoisotopic (exact) mass is 238 g/mol. The topological polar surface area (TPSA) is 52.8 Å². The van der Waals surface area contributed by atoms with Crippen molar-refractivity contribution >= 4 is 11.6 Å². The van der Waals surface area contributed by atoms with Crippen LogP contribution in [0.15, 0.2) is 6.07 Å². The van der Waals surface area contributed by atoms with Crippen molar-refractivity contribution in [1.29, 1.82) is 5.26 Å². The lowest BCUT2D eigenvalue weighted by molar-refractivity contribution is 0.279. The van der Waals surface area contributed by atoms with E-state index in [9.17, 15) is 0 Å². The molecule has 1 heterocycles. The van der Waals surface area contributed by atoms with E-state index in [-0.39, 0.29) is 0 Å². The second-order valence-electron chi connectivity index (χ2n) is 3.53. The number of aryl methyl sites for hydroxylation is 1. The van der Waals surface area contributed by atoms with Crippen LogP contribution < -0.4 is 0 Å². The molecule has 4 nitrogen and oxygen atoms in total.